The summed E-state index contributed by atoms with van der Waals surface area (Å²) in [6.07, 6.45) is 8.92. The third-order valence-corrected chi connectivity index (χ3v) is 9.16. The van der Waals surface area contributed by atoms with Gasteiger partial charge < -0.3 is 20.0 Å². The van der Waals surface area contributed by atoms with Crippen LogP contribution in [0.15, 0.2) is 47.4 Å². The topological polar surface area (TPSA) is 38.8 Å². The van der Waals surface area contributed by atoms with E-state index in [0.717, 1.165) is 63.6 Å². The van der Waals surface area contributed by atoms with Gasteiger partial charge in [-0.2, -0.15) is 13.2 Å². The van der Waals surface area contributed by atoms with E-state index in [4.69, 9.17) is 11.6 Å². The molecule has 5 nitrogen and oxygen atoms in total. The van der Waals surface area contributed by atoms with Crippen molar-refractivity contribution in [3.8, 4) is 0 Å². The van der Waals surface area contributed by atoms with E-state index in [-0.39, 0.29) is 34.7 Å². The van der Waals surface area contributed by atoms with Gasteiger partial charge in [-0.05, 0) is 80.1 Å². The summed E-state index contributed by atoms with van der Waals surface area (Å²) in [6, 6.07) is 8.30. The minimum atomic E-state index is -4.26. The molecule has 0 saturated carbocycles. The number of allylic oxidation sites excluding steroid dienone is 1. The first kappa shape index (κ1) is 27.9. The first-order valence-corrected chi connectivity index (χ1v) is 14.8. The lowest BCUT2D eigenvalue weighted by molar-refractivity contribution is -0.132. The van der Waals surface area contributed by atoms with Gasteiger partial charge in [-0.3, -0.25) is 4.79 Å². The van der Waals surface area contributed by atoms with E-state index in [9.17, 15) is 18.0 Å². The number of hydrogen-bond donors (Lipinski definition) is 1. The van der Waals surface area contributed by atoms with Crippen LogP contribution in [0.4, 0.5) is 18.9 Å². The molecule has 0 bridgehead atoms. The van der Waals surface area contributed by atoms with Gasteiger partial charge in [0.2, 0.25) is 5.91 Å². The molecule has 4 aliphatic rings. The lowest BCUT2D eigenvalue weighted by Gasteiger charge is -2.35. The number of likely N-dealkylation sites (tertiary alicyclic amines) is 2. The van der Waals surface area contributed by atoms with E-state index in [1.165, 1.54) is 5.69 Å². The number of hydrogen-bond acceptors (Lipinski definition) is 5. The van der Waals surface area contributed by atoms with Crippen LogP contribution in [-0.2, 0) is 4.79 Å². The number of alkyl halides is 3. The standard InChI is InChI=1S/C28H36ClF3N4OS/c29-22-5-9-25(10-6-22)36-17-20-15-34(16-21(20)18-36)13-2-4-27(37)35-14-1-3-24(19-35)33-23-7-11-26(12-8-23)38-28(30,31)32/h5-7,9-12,20-21,23-24,33H,1-4,8,13-19H2/t20?,21?,23?,24-/m0/s1. The summed E-state index contributed by atoms with van der Waals surface area (Å²) in [6.45, 7) is 6.80. The fourth-order valence-electron chi connectivity index (χ4n) is 6.32. The molecule has 0 aromatic heterocycles. The summed E-state index contributed by atoms with van der Waals surface area (Å²) in [4.78, 5) is 20.1. The summed E-state index contributed by atoms with van der Waals surface area (Å²) in [5, 5.41) is 4.30. The molecular weight excluding hydrogens is 533 g/mol. The summed E-state index contributed by atoms with van der Waals surface area (Å²) in [5.41, 5.74) is -3.01. The van der Waals surface area contributed by atoms with Gasteiger partial charge in [-0.1, -0.05) is 29.8 Å². The van der Waals surface area contributed by atoms with E-state index in [1.807, 2.05) is 23.1 Å². The number of amides is 1. The number of fused-ring (bicyclic) bond motifs is 1. The summed E-state index contributed by atoms with van der Waals surface area (Å²) >= 11 is 5.97. The van der Waals surface area contributed by atoms with Crippen LogP contribution in [0.5, 0.6) is 0 Å². The van der Waals surface area contributed by atoms with Gasteiger partial charge >= 0.3 is 5.51 Å². The van der Waals surface area contributed by atoms with Crippen molar-refractivity contribution in [3.63, 3.8) is 0 Å². The minimum absolute atomic E-state index is 0.0119. The van der Waals surface area contributed by atoms with Crippen LogP contribution >= 0.6 is 23.4 Å². The number of halogens is 4. The van der Waals surface area contributed by atoms with Crippen LogP contribution in [0.25, 0.3) is 0 Å². The van der Waals surface area contributed by atoms with Crippen LogP contribution < -0.4 is 10.2 Å². The van der Waals surface area contributed by atoms with Crippen LogP contribution in [0.2, 0.25) is 5.02 Å². The molecule has 4 atom stereocenters. The zero-order valence-corrected chi connectivity index (χ0v) is 23.1. The first-order chi connectivity index (χ1) is 18.2. The maximum absolute atomic E-state index is 12.9. The molecule has 1 amide bonds. The Morgan fingerprint density at radius 3 is 2.47 bits per heavy atom. The lowest BCUT2D eigenvalue weighted by atomic mass is 10.0. The smallest absolute Gasteiger partial charge is 0.371 e. The molecular formula is C28H36ClF3N4OS. The Hall–Kier alpha value is -1.68. The van der Waals surface area contributed by atoms with Crippen molar-refractivity contribution in [2.24, 2.45) is 11.8 Å². The Bertz CT molecular complexity index is 1020. The Labute approximate surface area is 232 Å². The molecule has 3 fully saturated rings. The number of carbonyl (C=O) groups excluding carboxylic acids is 1. The Balaban J connectivity index is 0.992. The zero-order valence-electron chi connectivity index (χ0n) is 21.5. The summed E-state index contributed by atoms with van der Waals surface area (Å²) in [7, 11) is 0. The molecule has 1 aliphatic carbocycles. The number of anilines is 1. The molecule has 1 aromatic rings. The molecule has 3 saturated heterocycles. The largest absolute Gasteiger partial charge is 0.446 e. The van der Waals surface area contributed by atoms with E-state index >= 15 is 0 Å². The number of thioether (sulfide) groups is 1. The minimum Gasteiger partial charge on any atom is -0.371 e. The van der Waals surface area contributed by atoms with Gasteiger partial charge in [0.15, 0.2) is 0 Å². The van der Waals surface area contributed by atoms with Crippen molar-refractivity contribution in [3.05, 3.63) is 52.4 Å². The third kappa shape index (κ3) is 7.49. The third-order valence-electron chi connectivity index (χ3n) is 8.14. The maximum Gasteiger partial charge on any atom is 0.446 e. The molecule has 1 aromatic carbocycles. The SMILES string of the molecule is O=C(CCCN1CC2CN(c3ccc(Cl)cc3)CC2C1)N1CCC[C@H](NC2C=CC(SC(F)(F)F)=CC2)C1. The van der Waals surface area contributed by atoms with Crippen LogP contribution in [0.1, 0.15) is 32.1 Å². The highest BCUT2D eigenvalue weighted by Crippen LogP contribution is 2.38. The molecule has 1 N–H and O–H groups in total. The number of benzene rings is 1. The molecule has 5 rings (SSSR count). The van der Waals surface area contributed by atoms with Gasteiger partial charge in [0.05, 0.1) is 0 Å². The normalized spacial score (nSPS) is 28.1. The van der Waals surface area contributed by atoms with Crippen molar-refractivity contribution in [2.75, 3.05) is 50.7 Å². The molecule has 10 heteroatoms. The molecule has 0 spiro atoms. The predicted octanol–water partition coefficient (Wildman–Crippen LogP) is 5.53. The summed E-state index contributed by atoms with van der Waals surface area (Å²) < 4.78 is 37.7. The van der Waals surface area contributed by atoms with Gasteiger partial charge in [-0.25, -0.2) is 0 Å². The number of nitrogens with one attached hydrogen (secondary N) is 1. The van der Waals surface area contributed by atoms with E-state index in [2.05, 4.69) is 27.2 Å². The van der Waals surface area contributed by atoms with Crippen molar-refractivity contribution in [1.29, 1.82) is 0 Å². The fraction of sp³-hybridized carbons (Fsp3) is 0.607. The van der Waals surface area contributed by atoms with Gasteiger partial charge in [0, 0.05) is 73.4 Å². The second-order valence-electron chi connectivity index (χ2n) is 11.0. The van der Waals surface area contributed by atoms with Gasteiger partial charge in [-0.15, -0.1) is 0 Å². The van der Waals surface area contributed by atoms with Crippen LogP contribution in [-0.4, -0.2) is 79.1 Å². The highest BCUT2D eigenvalue weighted by atomic mass is 35.5. The van der Waals surface area contributed by atoms with Crippen LogP contribution in [0.3, 0.4) is 0 Å². The fourth-order valence-corrected chi connectivity index (χ4v) is 7.04. The van der Waals surface area contributed by atoms with E-state index in [1.54, 1.807) is 12.2 Å². The van der Waals surface area contributed by atoms with Gasteiger partial charge in [0.1, 0.15) is 0 Å². The maximum atomic E-state index is 12.9. The molecule has 38 heavy (non-hydrogen) atoms. The quantitative estimate of drug-likeness (QED) is 0.446. The predicted molar refractivity (Wildman–Crippen MR) is 148 cm³/mol. The Morgan fingerprint density at radius 2 is 1.82 bits per heavy atom. The first-order valence-electron chi connectivity index (χ1n) is 13.6. The highest BCUT2D eigenvalue weighted by molar-refractivity contribution is 8.04. The average Bonchev–Trinajstić information content (AvgIpc) is 3.44. The van der Waals surface area contributed by atoms with Crippen molar-refractivity contribution < 1.29 is 18.0 Å². The Morgan fingerprint density at radius 1 is 1.08 bits per heavy atom. The second-order valence-corrected chi connectivity index (χ2v) is 12.5. The number of rotatable bonds is 8. The van der Waals surface area contributed by atoms with Crippen molar-refractivity contribution in [2.45, 2.75) is 49.7 Å². The zero-order chi connectivity index (χ0) is 26.7. The monoisotopic (exact) mass is 568 g/mol. The highest BCUT2D eigenvalue weighted by Gasteiger charge is 2.39. The number of nitrogens with zero attached hydrogens (tertiary/aromatic N) is 3. The van der Waals surface area contributed by atoms with Gasteiger partial charge in [0.25, 0.3) is 0 Å². The summed E-state index contributed by atoms with van der Waals surface area (Å²) in [5.74, 6) is 1.58. The lowest BCUT2D eigenvalue weighted by Crippen LogP contribution is -2.50. The van der Waals surface area contributed by atoms with Crippen molar-refractivity contribution >= 4 is 35.0 Å². The van der Waals surface area contributed by atoms with Crippen LogP contribution in [0, 0.1) is 11.8 Å². The number of piperidine rings is 1. The van der Waals surface area contributed by atoms with Crippen molar-refractivity contribution in [1.82, 2.24) is 15.1 Å². The number of carbonyl (C=O) groups is 1. The Kier molecular flexibility index (Phi) is 8.97. The molecule has 0 radical (unpaired) electrons. The molecule has 3 unspecified atom stereocenters. The average molecular weight is 569 g/mol. The van der Waals surface area contributed by atoms with E-state index < -0.39 is 5.51 Å². The second kappa shape index (κ2) is 12.2. The molecule has 3 aliphatic heterocycles. The molecule has 3 heterocycles. The molecule has 208 valence electrons. The van der Waals surface area contributed by atoms with E-state index in [0.29, 0.717) is 31.2 Å².